The molecular weight excluding hydrogens is 236 g/mol. The quantitative estimate of drug-likeness (QED) is 0.721. The van der Waals surface area contributed by atoms with Crippen LogP contribution in [0.25, 0.3) is 0 Å². The van der Waals surface area contributed by atoms with Crippen LogP contribution < -0.4 is 0 Å². The first-order valence-corrected chi connectivity index (χ1v) is 5.92. The van der Waals surface area contributed by atoms with Crippen molar-refractivity contribution in [3.63, 3.8) is 0 Å². The van der Waals surface area contributed by atoms with Gasteiger partial charge >= 0.3 is 5.97 Å². The maximum Gasteiger partial charge on any atom is 0.360 e. The Bertz CT molecular complexity index is 414. The molecular formula is C12H18N2O4. The maximum absolute atomic E-state index is 11.7. The van der Waals surface area contributed by atoms with Crippen molar-refractivity contribution in [1.82, 2.24) is 9.88 Å². The molecule has 0 saturated carbocycles. The van der Waals surface area contributed by atoms with Gasteiger partial charge in [0.15, 0.2) is 5.69 Å². The molecule has 0 aliphatic carbocycles. The highest BCUT2D eigenvalue weighted by molar-refractivity contribution is 5.86. The summed E-state index contributed by atoms with van der Waals surface area (Å²) in [5.74, 6) is -0.172. The van der Waals surface area contributed by atoms with Crippen molar-refractivity contribution in [2.75, 3.05) is 13.7 Å². The number of carbonyl (C=O) groups excluding carboxylic acids is 2. The number of methoxy groups -OCH3 is 1. The van der Waals surface area contributed by atoms with Gasteiger partial charge in [0.05, 0.1) is 13.7 Å². The maximum atomic E-state index is 11.7. The Labute approximate surface area is 106 Å². The largest absolute Gasteiger partial charge is 0.464 e. The van der Waals surface area contributed by atoms with Crippen LogP contribution in [0.1, 0.15) is 43.1 Å². The van der Waals surface area contributed by atoms with Gasteiger partial charge in [0.25, 0.3) is 0 Å². The van der Waals surface area contributed by atoms with Crippen LogP contribution in [0.3, 0.4) is 0 Å². The summed E-state index contributed by atoms with van der Waals surface area (Å²) in [7, 11) is 1.28. The molecule has 1 rings (SSSR count). The average molecular weight is 254 g/mol. The lowest BCUT2D eigenvalue weighted by atomic mass is 10.3. The second kappa shape index (κ2) is 6.78. The average Bonchev–Trinajstić information content (AvgIpc) is 2.85. The zero-order valence-electron chi connectivity index (χ0n) is 10.9. The summed E-state index contributed by atoms with van der Waals surface area (Å²) >= 11 is 0. The Hall–Kier alpha value is -1.85. The highest BCUT2D eigenvalue weighted by Gasteiger charge is 2.17. The fraction of sp³-hybridized carbons (Fsp3) is 0.583. The fourth-order valence-electron chi connectivity index (χ4n) is 1.53. The van der Waals surface area contributed by atoms with Gasteiger partial charge in [-0.25, -0.2) is 9.78 Å². The predicted octanol–water partition coefficient (Wildman–Crippen LogP) is 1.61. The fourth-order valence-corrected chi connectivity index (χ4v) is 1.53. The minimum atomic E-state index is -0.547. The SMILES string of the molecule is CCCN(Cc1nc(C(=O)OC)co1)C(=O)CC. The van der Waals surface area contributed by atoms with Gasteiger partial charge in [-0.15, -0.1) is 0 Å². The highest BCUT2D eigenvalue weighted by atomic mass is 16.5. The Kier molecular flexibility index (Phi) is 5.35. The Morgan fingerprint density at radius 1 is 1.44 bits per heavy atom. The lowest BCUT2D eigenvalue weighted by Gasteiger charge is -2.19. The van der Waals surface area contributed by atoms with Crippen molar-refractivity contribution in [3.05, 3.63) is 17.8 Å². The van der Waals surface area contributed by atoms with Crippen molar-refractivity contribution in [1.29, 1.82) is 0 Å². The molecule has 0 aromatic carbocycles. The number of nitrogens with zero attached hydrogens (tertiary/aromatic N) is 2. The van der Waals surface area contributed by atoms with E-state index >= 15 is 0 Å². The summed E-state index contributed by atoms with van der Waals surface area (Å²) in [6.07, 6.45) is 2.53. The van der Waals surface area contributed by atoms with E-state index in [1.165, 1.54) is 13.4 Å². The van der Waals surface area contributed by atoms with E-state index in [0.717, 1.165) is 6.42 Å². The summed E-state index contributed by atoms with van der Waals surface area (Å²) in [6.45, 7) is 4.71. The summed E-state index contributed by atoms with van der Waals surface area (Å²) in [4.78, 5) is 28.5. The molecule has 1 aromatic heterocycles. The van der Waals surface area contributed by atoms with E-state index in [1.807, 2.05) is 6.92 Å². The molecule has 100 valence electrons. The van der Waals surface area contributed by atoms with Gasteiger partial charge in [-0.1, -0.05) is 13.8 Å². The first-order valence-electron chi connectivity index (χ1n) is 5.92. The standard InChI is InChI=1S/C12H18N2O4/c1-4-6-14(11(15)5-2)7-10-13-9(8-18-10)12(16)17-3/h8H,4-7H2,1-3H3. The van der Waals surface area contributed by atoms with E-state index in [0.29, 0.717) is 18.9 Å². The van der Waals surface area contributed by atoms with Crippen molar-refractivity contribution < 1.29 is 18.7 Å². The number of amides is 1. The molecule has 0 spiro atoms. The smallest absolute Gasteiger partial charge is 0.360 e. The third kappa shape index (κ3) is 3.58. The molecule has 1 amide bonds. The zero-order valence-corrected chi connectivity index (χ0v) is 10.9. The minimum Gasteiger partial charge on any atom is -0.464 e. The molecule has 1 aromatic rings. The predicted molar refractivity (Wildman–Crippen MR) is 63.8 cm³/mol. The van der Waals surface area contributed by atoms with Gasteiger partial charge in [-0.05, 0) is 6.42 Å². The third-order valence-corrected chi connectivity index (χ3v) is 2.42. The normalized spacial score (nSPS) is 10.2. The van der Waals surface area contributed by atoms with Crippen LogP contribution in [0.4, 0.5) is 0 Å². The second-order valence-corrected chi connectivity index (χ2v) is 3.79. The summed E-state index contributed by atoms with van der Waals surface area (Å²) in [6, 6.07) is 0. The van der Waals surface area contributed by atoms with Crippen LogP contribution in [0.15, 0.2) is 10.7 Å². The number of rotatable bonds is 6. The molecule has 0 fully saturated rings. The number of oxazole rings is 1. The van der Waals surface area contributed by atoms with Crippen molar-refractivity contribution in [3.8, 4) is 0 Å². The summed E-state index contributed by atoms with van der Waals surface area (Å²) in [5, 5.41) is 0. The third-order valence-electron chi connectivity index (χ3n) is 2.42. The van der Waals surface area contributed by atoms with E-state index < -0.39 is 5.97 Å². The van der Waals surface area contributed by atoms with E-state index in [4.69, 9.17) is 4.42 Å². The molecule has 0 saturated heterocycles. The highest BCUT2D eigenvalue weighted by Crippen LogP contribution is 2.08. The summed E-state index contributed by atoms with van der Waals surface area (Å²) < 4.78 is 9.68. The molecule has 0 aliphatic rings. The number of ether oxygens (including phenoxy) is 1. The van der Waals surface area contributed by atoms with Crippen LogP contribution in [-0.4, -0.2) is 35.4 Å². The van der Waals surface area contributed by atoms with Gasteiger partial charge in [0.1, 0.15) is 6.26 Å². The molecule has 0 bridgehead atoms. The Morgan fingerprint density at radius 3 is 2.72 bits per heavy atom. The van der Waals surface area contributed by atoms with E-state index in [2.05, 4.69) is 9.72 Å². The van der Waals surface area contributed by atoms with Crippen LogP contribution in [-0.2, 0) is 16.1 Å². The monoisotopic (exact) mass is 254 g/mol. The van der Waals surface area contributed by atoms with Crippen LogP contribution in [0.2, 0.25) is 0 Å². The number of aromatic nitrogens is 1. The number of carbonyl (C=O) groups is 2. The molecule has 1 heterocycles. The van der Waals surface area contributed by atoms with Crippen LogP contribution in [0, 0.1) is 0 Å². The van der Waals surface area contributed by atoms with E-state index in [-0.39, 0.29) is 18.1 Å². The molecule has 0 atom stereocenters. The van der Waals surface area contributed by atoms with E-state index in [9.17, 15) is 9.59 Å². The molecule has 0 radical (unpaired) electrons. The summed E-state index contributed by atoms with van der Waals surface area (Å²) in [5.41, 5.74) is 0.118. The van der Waals surface area contributed by atoms with Gasteiger partial charge in [-0.2, -0.15) is 0 Å². The first-order chi connectivity index (χ1) is 8.62. The first kappa shape index (κ1) is 14.2. The molecule has 0 unspecified atom stereocenters. The molecule has 0 N–H and O–H groups in total. The molecule has 0 aliphatic heterocycles. The number of hydrogen-bond acceptors (Lipinski definition) is 5. The zero-order chi connectivity index (χ0) is 13.5. The van der Waals surface area contributed by atoms with Crippen LogP contribution in [0.5, 0.6) is 0 Å². The topological polar surface area (TPSA) is 72.6 Å². The second-order valence-electron chi connectivity index (χ2n) is 3.79. The van der Waals surface area contributed by atoms with Crippen molar-refractivity contribution in [2.45, 2.75) is 33.2 Å². The molecule has 6 heteroatoms. The molecule has 18 heavy (non-hydrogen) atoms. The number of hydrogen-bond donors (Lipinski definition) is 0. The Morgan fingerprint density at radius 2 is 2.17 bits per heavy atom. The lowest BCUT2D eigenvalue weighted by molar-refractivity contribution is -0.131. The van der Waals surface area contributed by atoms with Crippen LogP contribution >= 0.6 is 0 Å². The Balaban J connectivity index is 2.72. The van der Waals surface area contributed by atoms with Crippen molar-refractivity contribution >= 4 is 11.9 Å². The van der Waals surface area contributed by atoms with Gasteiger partial charge in [0, 0.05) is 13.0 Å². The van der Waals surface area contributed by atoms with E-state index in [1.54, 1.807) is 11.8 Å². The molecule has 6 nitrogen and oxygen atoms in total. The van der Waals surface area contributed by atoms with Gasteiger partial charge in [-0.3, -0.25) is 4.79 Å². The lowest BCUT2D eigenvalue weighted by Crippen LogP contribution is -2.30. The van der Waals surface area contributed by atoms with Crippen molar-refractivity contribution in [2.24, 2.45) is 0 Å². The van der Waals surface area contributed by atoms with Gasteiger partial charge in [0.2, 0.25) is 11.8 Å². The minimum absolute atomic E-state index is 0.0367. The van der Waals surface area contributed by atoms with Gasteiger partial charge < -0.3 is 14.1 Å². The number of esters is 1.